The van der Waals surface area contributed by atoms with E-state index >= 15 is 0 Å². The summed E-state index contributed by atoms with van der Waals surface area (Å²) in [5.41, 5.74) is 3.63. The Balaban J connectivity index is 1.72. The van der Waals surface area contributed by atoms with Crippen molar-refractivity contribution in [1.82, 2.24) is 0 Å². The van der Waals surface area contributed by atoms with Gasteiger partial charge in [0.1, 0.15) is 5.75 Å². The number of unbranched alkanes of at least 4 members (excludes halogenated alkanes) is 6. The summed E-state index contributed by atoms with van der Waals surface area (Å²) >= 11 is 0. The van der Waals surface area contributed by atoms with E-state index in [1.54, 1.807) is 18.2 Å². The number of aryl methyl sites for hydroxylation is 1. The molecule has 0 radical (unpaired) electrons. The van der Waals surface area contributed by atoms with Crippen molar-refractivity contribution in [1.29, 1.82) is 0 Å². The van der Waals surface area contributed by atoms with Crippen molar-refractivity contribution in [2.24, 2.45) is 0 Å². The van der Waals surface area contributed by atoms with Crippen LogP contribution in [0.2, 0.25) is 0 Å². The number of benzene rings is 3. The lowest BCUT2D eigenvalue weighted by Gasteiger charge is -2.15. The van der Waals surface area contributed by atoms with Crippen LogP contribution in [0.5, 0.6) is 17.2 Å². The molecule has 0 saturated heterocycles. The van der Waals surface area contributed by atoms with Gasteiger partial charge in [0.25, 0.3) is 0 Å². The molecular weight excluding hydrogens is 356 g/mol. The molecule has 0 aromatic heterocycles. The van der Waals surface area contributed by atoms with Crippen LogP contribution in [0, 0.1) is 0 Å². The number of hydrogen-bond acceptors (Lipinski definition) is 2. The van der Waals surface area contributed by atoms with E-state index in [2.05, 4.69) is 37.3 Å². The fourth-order valence-corrected chi connectivity index (χ4v) is 3.71. The highest BCUT2D eigenvalue weighted by Crippen LogP contribution is 2.38. The Morgan fingerprint density at radius 1 is 0.621 bits per heavy atom. The van der Waals surface area contributed by atoms with Crippen LogP contribution in [0.15, 0.2) is 72.8 Å². The van der Waals surface area contributed by atoms with Gasteiger partial charge in [-0.15, -0.1) is 0 Å². The molecule has 0 heterocycles. The van der Waals surface area contributed by atoms with E-state index in [1.165, 1.54) is 56.1 Å². The lowest BCUT2D eigenvalue weighted by Crippen LogP contribution is -1.94. The van der Waals surface area contributed by atoms with Crippen molar-refractivity contribution >= 4 is 0 Å². The Kier molecular flexibility index (Phi) is 8.18. The second kappa shape index (κ2) is 11.3. The lowest BCUT2D eigenvalue weighted by atomic mass is 9.95. The monoisotopic (exact) mass is 388 g/mol. The van der Waals surface area contributed by atoms with Gasteiger partial charge in [-0.25, -0.2) is 0 Å². The van der Waals surface area contributed by atoms with E-state index in [0.29, 0.717) is 5.75 Å². The van der Waals surface area contributed by atoms with E-state index < -0.39 is 0 Å². The van der Waals surface area contributed by atoms with Crippen molar-refractivity contribution in [2.75, 3.05) is 0 Å². The van der Waals surface area contributed by atoms with Crippen molar-refractivity contribution in [3.05, 3.63) is 78.4 Å². The second-order valence-corrected chi connectivity index (χ2v) is 7.59. The van der Waals surface area contributed by atoms with Gasteiger partial charge in [-0.2, -0.15) is 0 Å². The standard InChI is InChI=1S/C27H32O2/c1-2-3-4-5-6-7-8-15-22-16-9-10-17-23(22)24-18-11-13-20-26(24)29-27-21-14-12-19-25(27)28/h9-14,16-21,28H,2-8,15H2,1H3. The molecule has 3 rings (SSSR count). The quantitative estimate of drug-likeness (QED) is 0.336. The van der Waals surface area contributed by atoms with Crippen LogP contribution in [-0.4, -0.2) is 5.11 Å². The van der Waals surface area contributed by atoms with Crippen molar-refractivity contribution in [3.63, 3.8) is 0 Å². The van der Waals surface area contributed by atoms with Gasteiger partial charge in [-0.3, -0.25) is 0 Å². The lowest BCUT2D eigenvalue weighted by molar-refractivity contribution is 0.412. The van der Waals surface area contributed by atoms with Crippen molar-refractivity contribution in [3.8, 4) is 28.4 Å². The summed E-state index contributed by atoms with van der Waals surface area (Å²) in [6.45, 7) is 2.26. The smallest absolute Gasteiger partial charge is 0.169 e. The fraction of sp³-hybridized carbons (Fsp3) is 0.333. The maximum atomic E-state index is 10.1. The van der Waals surface area contributed by atoms with Crippen LogP contribution in [0.1, 0.15) is 57.4 Å². The average molecular weight is 389 g/mol. The highest BCUT2D eigenvalue weighted by Gasteiger charge is 2.12. The van der Waals surface area contributed by atoms with E-state index in [-0.39, 0.29) is 5.75 Å². The summed E-state index contributed by atoms with van der Waals surface area (Å²) in [5, 5.41) is 10.1. The molecule has 0 spiro atoms. The molecule has 0 bridgehead atoms. The second-order valence-electron chi connectivity index (χ2n) is 7.59. The SMILES string of the molecule is CCCCCCCCCc1ccccc1-c1ccccc1Oc1ccccc1O. The fourth-order valence-electron chi connectivity index (χ4n) is 3.71. The third-order valence-corrected chi connectivity index (χ3v) is 5.33. The number of rotatable bonds is 11. The van der Waals surface area contributed by atoms with Crippen LogP contribution in [-0.2, 0) is 6.42 Å². The number of aromatic hydroxyl groups is 1. The minimum absolute atomic E-state index is 0.152. The number of para-hydroxylation sites is 3. The molecule has 29 heavy (non-hydrogen) atoms. The zero-order valence-electron chi connectivity index (χ0n) is 17.4. The first kappa shape index (κ1) is 21.0. The maximum Gasteiger partial charge on any atom is 0.169 e. The molecule has 3 aromatic carbocycles. The molecule has 0 aliphatic heterocycles. The molecule has 3 aromatic rings. The van der Waals surface area contributed by atoms with Crippen LogP contribution >= 0.6 is 0 Å². The first-order chi connectivity index (χ1) is 14.3. The predicted molar refractivity (Wildman–Crippen MR) is 122 cm³/mol. The van der Waals surface area contributed by atoms with Gasteiger partial charge in [-0.05, 0) is 42.2 Å². The Morgan fingerprint density at radius 2 is 1.21 bits per heavy atom. The Morgan fingerprint density at radius 3 is 1.97 bits per heavy atom. The molecule has 1 N–H and O–H groups in total. The van der Waals surface area contributed by atoms with E-state index in [4.69, 9.17) is 4.74 Å². The molecular formula is C27H32O2. The van der Waals surface area contributed by atoms with Gasteiger partial charge in [0, 0.05) is 5.56 Å². The molecule has 2 heteroatoms. The molecule has 0 saturated carbocycles. The summed E-state index contributed by atoms with van der Waals surface area (Å²) < 4.78 is 6.08. The number of phenolic OH excluding ortho intramolecular Hbond substituents is 1. The normalized spacial score (nSPS) is 10.8. The molecule has 0 aliphatic carbocycles. The van der Waals surface area contributed by atoms with Crippen LogP contribution in [0.3, 0.4) is 0 Å². The van der Waals surface area contributed by atoms with Crippen molar-refractivity contribution < 1.29 is 9.84 Å². The summed E-state index contributed by atoms with van der Waals surface area (Å²) in [6, 6.07) is 23.8. The predicted octanol–water partition coefficient (Wildman–Crippen LogP) is 8.14. The molecule has 0 unspecified atom stereocenters. The Labute approximate surface area is 175 Å². The van der Waals surface area contributed by atoms with Gasteiger partial charge in [0.05, 0.1) is 0 Å². The number of hydrogen-bond donors (Lipinski definition) is 1. The Bertz CT molecular complexity index is 885. The third-order valence-electron chi connectivity index (χ3n) is 5.33. The topological polar surface area (TPSA) is 29.5 Å². The number of phenols is 1. The molecule has 0 atom stereocenters. The van der Waals surface area contributed by atoms with E-state index in [9.17, 15) is 5.11 Å². The minimum Gasteiger partial charge on any atom is -0.504 e. The summed E-state index contributed by atoms with van der Waals surface area (Å²) in [6.07, 6.45) is 10.3. The largest absolute Gasteiger partial charge is 0.504 e. The minimum atomic E-state index is 0.152. The molecule has 2 nitrogen and oxygen atoms in total. The first-order valence-corrected chi connectivity index (χ1v) is 10.9. The summed E-state index contributed by atoms with van der Waals surface area (Å²) in [7, 11) is 0. The van der Waals surface area contributed by atoms with Crippen LogP contribution < -0.4 is 4.74 Å². The molecule has 0 aliphatic rings. The van der Waals surface area contributed by atoms with Gasteiger partial charge in [-0.1, -0.05) is 100 Å². The van der Waals surface area contributed by atoms with E-state index in [1.807, 2.05) is 24.3 Å². The highest BCUT2D eigenvalue weighted by atomic mass is 16.5. The molecule has 0 fully saturated rings. The van der Waals surface area contributed by atoms with Crippen LogP contribution in [0.25, 0.3) is 11.1 Å². The van der Waals surface area contributed by atoms with Crippen molar-refractivity contribution in [2.45, 2.75) is 58.3 Å². The maximum absolute atomic E-state index is 10.1. The van der Waals surface area contributed by atoms with Gasteiger partial charge < -0.3 is 9.84 Å². The molecule has 0 amide bonds. The first-order valence-electron chi connectivity index (χ1n) is 10.9. The van der Waals surface area contributed by atoms with Gasteiger partial charge in [0.2, 0.25) is 0 Å². The van der Waals surface area contributed by atoms with E-state index in [0.717, 1.165) is 17.7 Å². The number of ether oxygens (including phenoxy) is 1. The third kappa shape index (κ3) is 6.12. The highest BCUT2D eigenvalue weighted by molar-refractivity contribution is 5.74. The van der Waals surface area contributed by atoms with Gasteiger partial charge in [0.15, 0.2) is 11.5 Å². The zero-order valence-corrected chi connectivity index (χ0v) is 17.4. The summed E-state index contributed by atoms with van der Waals surface area (Å²) in [5.74, 6) is 1.39. The molecule has 152 valence electrons. The summed E-state index contributed by atoms with van der Waals surface area (Å²) in [4.78, 5) is 0. The van der Waals surface area contributed by atoms with Crippen LogP contribution in [0.4, 0.5) is 0 Å². The Hall–Kier alpha value is -2.74. The average Bonchev–Trinajstić information content (AvgIpc) is 2.75. The zero-order chi connectivity index (χ0) is 20.3. The van der Waals surface area contributed by atoms with Gasteiger partial charge >= 0.3 is 0 Å².